The van der Waals surface area contributed by atoms with E-state index < -0.39 is 0 Å². The van der Waals surface area contributed by atoms with E-state index in [1.165, 1.54) is 32.1 Å². The molecule has 0 atom stereocenters. The van der Waals surface area contributed by atoms with E-state index in [1.54, 1.807) is 0 Å². The van der Waals surface area contributed by atoms with Crippen LogP contribution in [0.2, 0.25) is 0 Å². The van der Waals surface area contributed by atoms with Crippen LogP contribution in [-0.2, 0) is 14.3 Å². The lowest BCUT2D eigenvalue weighted by atomic mass is 9.86. The first-order valence-corrected chi connectivity index (χ1v) is 11.5. The summed E-state index contributed by atoms with van der Waals surface area (Å²) in [6, 6.07) is 0. The van der Waals surface area contributed by atoms with Gasteiger partial charge in [-0.05, 0) is 57.5 Å². The van der Waals surface area contributed by atoms with Gasteiger partial charge in [0, 0.05) is 39.1 Å². The Morgan fingerprint density at radius 3 is 2.14 bits per heavy atom. The molecule has 6 heteroatoms. The standard InChI is InChI=1S/C22H39N3O3/c1-2-28-22(27)18-23-10-8-20(9-11-23)17-24-12-14-25(15-13-24)21(26)16-19-6-4-3-5-7-19/h19-20H,2-18H2,1H3. The largest absolute Gasteiger partial charge is 0.465 e. The van der Waals surface area contributed by atoms with Gasteiger partial charge in [0.1, 0.15) is 0 Å². The summed E-state index contributed by atoms with van der Waals surface area (Å²) >= 11 is 0. The number of likely N-dealkylation sites (tertiary alicyclic amines) is 1. The Balaban J connectivity index is 1.30. The first-order chi connectivity index (χ1) is 13.6. The van der Waals surface area contributed by atoms with Crippen LogP contribution in [0, 0.1) is 11.8 Å². The second kappa shape index (κ2) is 11.1. The van der Waals surface area contributed by atoms with E-state index in [4.69, 9.17) is 4.74 Å². The zero-order chi connectivity index (χ0) is 19.8. The smallest absolute Gasteiger partial charge is 0.320 e. The van der Waals surface area contributed by atoms with Crippen LogP contribution in [0.4, 0.5) is 0 Å². The molecule has 0 unspecified atom stereocenters. The molecular formula is C22H39N3O3. The van der Waals surface area contributed by atoms with Crippen LogP contribution in [0.25, 0.3) is 0 Å². The minimum atomic E-state index is -0.102. The topological polar surface area (TPSA) is 53.1 Å². The fourth-order valence-corrected chi connectivity index (χ4v) is 5.03. The zero-order valence-corrected chi connectivity index (χ0v) is 17.7. The molecule has 3 fully saturated rings. The van der Waals surface area contributed by atoms with Crippen molar-refractivity contribution in [3.63, 3.8) is 0 Å². The number of carbonyl (C=O) groups excluding carboxylic acids is 2. The lowest BCUT2D eigenvalue weighted by molar-refractivity contribution is -0.144. The van der Waals surface area contributed by atoms with Gasteiger partial charge in [0.15, 0.2) is 0 Å². The lowest BCUT2D eigenvalue weighted by Gasteiger charge is -2.39. The van der Waals surface area contributed by atoms with Gasteiger partial charge in [-0.2, -0.15) is 0 Å². The fraction of sp³-hybridized carbons (Fsp3) is 0.909. The Bertz CT molecular complexity index is 491. The molecule has 3 rings (SSSR count). The van der Waals surface area contributed by atoms with Crippen LogP contribution in [0.1, 0.15) is 58.3 Å². The van der Waals surface area contributed by atoms with Crippen molar-refractivity contribution >= 4 is 11.9 Å². The Morgan fingerprint density at radius 2 is 1.50 bits per heavy atom. The maximum Gasteiger partial charge on any atom is 0.320 e. The first kappa shape index (κ1) is 21.6. The molecule has 0 spiro atoms. The Labute approximate surface area is 170 Å². The molecule has 28 heavy (non-hydrogen) atoms. The molecule has 0 radical (unpaired) electrons. The summed E-state index contributed by atoms with van der Waals surface area (Å²) < 4.78 is 5.05. The number of hydrogen-bond donors (Lipinski definition) is 0. The highest BCUT2D eigenvalue weighted by Gasteiger charge is 2.27. The van der Waals surface area contributed by atoms with Crippen molar-refractivity contribution in [2.75, 3.05) is 59.0 Å². The molecule has 6 nitrogen and oxygen atoms in total. The van der Waals surface area contributed by atoms with Crippen LogP contribution < -0.4 is 0 Å². The number of esters is 1. The molecule has 0 aromatic rings. The SMILES string of the molecule is CCOC(=O)CN1CCC(CN2CCN(C(=O)CC3CCCCC3)CC2)CC1. The normalized spacial score (nSPS) is 23.7. The third-order valence-corrected chi connectivity index (χ3v) is 6.79. The summed E-state index contributed by atoms with van der Waals surface area (Å²) in [5, 5.41) is 0. The van der Waals surface area contributed by atoms with Gasteiger partial charge < -0.3 is 9.64 Å². The second-order valence-corrected chi connectivity index (χ2v) is 8.91. The average molecular weight is 394 g/mol. The third-order valence-electron chi connectivity index (χ3n) is 6.79. The molecule has 0 aromatic heterocycles. The summed E-state index contributed by atoms with van der Waals surface area (Å²) in [7, 11) is 0. The molecule has 2 heterocycles. The van der Waals surface area contributed by atoms with Gasteiger partial charge in [-0.1, -0.05) is 19.3 Å². The quantitative estimate of drug-likeness (QED) is 0.622. The fourth-order valence-electron chi connectivity index (χ4n) is 5.03. The van der Waals surface area contributed by atoms with Crippen LogP contribution >= 0.6 is 0 Å². The average Bonchev–Trinajstić information content (AvgIpc) is 2.71. The van der Waals surface area contributed by atoms with Gasteiger partial charge >= 0.3 is 5.97 Å². The zero-order valence-electron chi connectivity index (χ0n) is 17.7. The van der Waals surface area contributed by atoms with Crippen molar-refractivity contribution in [1.82, 2.24) is 14.7 Å². The van der Waals surface area contributed by atoms with Crippen LogP contribution in [0.3, 0.4) is 0 Å². The predicted molar refractivity (Wildman–Crippen MR) is 110 cm³/mol. The first-order valence-electron chi connectivity index (χ1n) is 11.5. The molecule has 1 amide bonds. The van der Waals surface area contributed by atoms with Gasteiger partial charge in [-0.3, -0.25) is 19.4 Å². The minimum absolute atomic E-state index is 0.102. The van der Waals surface area contributed by atoms with E-state index in [-0.39, 0.29) is 5.97 Å². The summed E-state index contributed by atoms with van der Waals surface area (Å²) in [5.74, 6) is 1.63. The summed E-state index contributed by atoms with van der Waals surface area (Å²) in [5.41, 5.74) is 0. The highest BCUT2D eigenvalue weighted by molar-refractivity contribution is 5.76. The van der Waals surface area contributed by atoms with E-state index in [1.807, 2.05) is 6.92 Å². The number of hydrogen-bond acceptors (Lipinski definition) is 5. The molecule has 2 saturated heterocycles. The number of rotatable bonds is 7. The van der Waals surface area contributed by atoms with E-state index in [9.17, 15) is 9.59 Å². The van der Waals surface area contributed by atoms with E-state index in [2.05, 4.69) is 14.7 Å². The molecule has 160 valence electrons. The maximum atomic E-state index is 12.6. The van der Waals surface area contributed by atoms with Gasteiger partial charge in [0.25, 0.3) is 0 Å². The number of piperazine rings is 1. The van der Waals surface area contributed by atoms with Gasteiger partial charge in [0.2, 0.25) is 5.91 Å². The van der Waals surface area contributed by atoms with Crippen LogP contribution in [0.5, 0.6) is 0 Å². The van der Waals surface area contributed by atoms with E-state index in [0.29, 0.717) is 30.9 Å². The van der Waals surface area contributed by atoms with E-state index >= 15 is 0 Å². The van der Waals surface area contributed by atoms with Crippen molar-refractivity contribution < 1.29 is 14.3 Å². The highest BCUT2D eigenvalue weighted by Crippen LogP contribution is 2.27. The minimum Gasteiger partial charge on any atom is -0.465 e. The molecular weight excluding hydrogens is 354 g/mol. The van der Waals surface area contributed by atoms with Gasteiger partial charge in [-0.25, -0.2) is 0 Å². The Kier molecular flexibility index (Phi) is 8.59. The molecule has 2 aliphatic heterocycles. The molecule has 1 aliphatic carbocycles. The van der Waals surface area contributed by atoms with Crippen LogP contribution in [0.15, 0.2) is 0 Å². The maximum absolute atomic E-state index is 12.6. The summed E-state index contributed by atoms with van der Waals surface area (Å²) in [6.45, 7) is 9.68. The molecule has 0 N–H and O–H groups in total. The molecule has 3 aliphatic rings. The van der Waals surface area contributed by atoms with Crippen molar-refractivity contribution in [3.05, 3.63) is 0 Å². The number of ether oxygens (including phenoxy) is 1. The molecule has 0 aromatic carbocycles. The molecule has 1 saturated carbocycles. The number of amides is 1. The number of piperidine rings is 1. The molecule has 0 bridgehead atoms. The second-order valence-electron chi connectivity index (χ2n) is 8.91. The number of carbonyl (C=O) groups is 2. The van der Waals surface area contributed by atoms with Crippen LogP contribution in [-0.4, -0.2) is 85.5 Å². The third kappa shape index (κ3) is 6.73. The monoisotopic (exact) mass is 393 g/mol. The Hall–Kier alpha value is -1.14. The predicted octanol–water partition coefficient (Wildman–Crippen LogP) is 2.38. The van der Waals surface area contributed by atoms with E-state index in [0.717, 1.165) is 65.1 Å². The highest BCUT2D eigenvalue weighted by atomic mass is 16.5. The van der Waals surface area contributed by atoms with Crippen molar-refractivity contribution in [3.8, 4) is 0 Å². The van der Waals surface area contributed by atoms with Crippen molar-refractivity contribution in [1.29, 1.82) is 0 Å². The summed E-state index contributed by atoms with van der Waals surface area (Å²) in [6.07, 6.45) is 9.56. The summed E-state index contributed by atoms with van der Waals surface area (Å²) in [4.78, 5) is 31.1. The van der Waals surface area contributed by atoms with Gasteiger partial charge in [-0.15, -0.1) is 0 Å². The Morgan fingerprint density at radius 1 is 0.821 bits per heavy atom. The van der Waals surface area contributed by atoms with Gasteiger partial charge in [0.05, 0.1) is 13.2 Å². The van der Waals surface area contributed by atoms with Crippen molar-refractivity contribution in [2.45, 2.75) is 58.3 Å². The van der Waals surface area contributed by atoms with Crippen molar-refractivity contribution in [2.24, 2.45) is 11.8 Å². The lowest BCUT2D eigenvalue weighted by Crippen LogP contribution is -2.51. The number of nitrogens with zero attached hydrogens (tertiary/aromatic N) is 3.